The molecule has 1 rings (SSSR count). The number of rotatable bonds is 2. The van der Waals surface area contributed by atoms with E-state index in [1.165, 1.54) is 0 Å². The third-order valence-corrected chi connectivity index (χ3v) is 1.64. The van der Waals surface area contributed by atoms with E-state index in [9.17, 15) is 0 Å². The summed E-state index contributed by atoms with van der Waals surface area (Å²) in [5.41, 5.74) is 1.99. The van der Waals surface area contributed by atoms with Crippen LogP contribution in [-0.4, -0.2) is 5.21 Å². The molecule has 0 aliphatic heterocycles. The van der Waals surface area contributed by atoms with Crippen molar-refractivity contribution in [3.05, 3.63) is 22.6 Å². The largest absolute Gasteiger partial charge is 0.467 e. The Hall–Kier alpha value is -0.320. The lowest BCUT2D eigenvalue weighted by atomic mass is 10.5. The van der Waals surface area contributed by atoms with Crippen LogP contribution in [0.4, 0.5) is 0 Å². The first-order chi connectivity index (χ1) is 4.34. The van der Waals surface area contributed by atoms with Crippen molar-refractivity contribution in [1.29, 1.82) is 0 Å². The Bertz CT molecular complexity index is 187. The Balaban J connectivity index is 2.69. The first-order valence-electron chi connectivity index (χ1n) is 2.43. The first kappa shape index (κ1) is 6.80. The van der Waals surface area contributed by atoms with E-state index in [2.05, 4.69) is 15.9 Å². The van der Waals surface area contributed by atoms with Gasteiger partial charge in [0, 0.05) is 0 Å². The minimum Gasteiger partial charge on any atom is -0.467 e. The highest BCUT2D eigenvalue weighted by Gasteiger charge is 1.99. The summed E-state index contributed by atoms with van der Waals surface area (Å²) in [5, 5.41) is 8.23. The molecule has 2 N–H and O–H groups in total. The predicted octanol–water partition coefficient (Wildman–Crippen LogP) is 1.52. The van der Waals surface area contributed by atoms with E-state index in [0.717, 1.165) is 4.47 Å². The van der Waals surface area contributed by atoms with Crippen molar-refractivity contribution in [2.75, 3.05) is 0 Å². The van der Waals surface area contributed by atoms with Gasteiger partial charge in [0.1, 0.15) is 5.76 Å². The maximum absolute atomic E-state index is 8.23. The van der Waals surface area contributed by atoms with Crippen LogP contribution in [0.2, 0.25) is 0 Å². The van der Waals surface area contributed by atoms with E-state index in [-0.39, 0.29) is 0 Å². The molecule has 1 heterocycles. The van der Waals surface area contributed by atoms with Crippen LogP contribution in [0.25, 0.3) is 0 Å². The van der Waals surface area contributed by atoms with Gasteiger partial charge >= 0.3 is 0 Å². The number of halogens is 1. The second-order valence-electron chi connectivity index (χ2n) is 1.53. The smallest absolute Gasteiger partial charge is 0.134 e. The van der Waals surface area contributed by atoms with Crippen LogP contribution >= 0.6 is 15.9 Å². The van der Waals surface area contributed by atoms with Crippen molar-refractivity contribution in [2.24, 2.45) is 0 Å². The highest BCUT2D eigenvalue weighted by atomic mass is 79.9. The molecule has 0 unspecified atom stereocenters. The lowest BCUT2D eigenvalue weighted by Crippen LogP contribution is -2.05. The van der Waals surface area contributed by atoms with Crippen LogP contribution in [0.1, 0.15) is 5.76 Å². The molecule has 0 spiro atoms. The molecule has 0 amide bonds. The zero-order chi connectivity index (χ0) is 6.69. The van der Waals surface area contributed by atoms with Crippen molar-refractivity contribution in [3.8, 4) is 0 Å². The van der Waals surface area contributed by atoms with Gasteiger partial charge in [0.15, 0.2) is 0 Å². The molecule has 0 saturated heterocycles. The Morgan fingerprint density at radius 1 is 1.78 bits per heavy atom. The summed E-state index contributed by atoms with van der Waals surface area (Å²) in [4.78, 5) is 0. The normalized spacial score (nSPS) is 10.0. The molecule has 1 aromatic rings. The molecule has 3 nitrogen and oxygen atoms in total. The monoisotopic (exact) mass is 191 g/mol. The summed E-state index contributed by atoms with van der Waals surface area (Å²) < 4.78 is 5.80. The van der Waals surface area contributed by atoms with Gasteiger partial charge in [-0.3, -0.25) is 0 Å². The fourth-order valence-electron chi connectivity index (χ4n) is 0.523. The number of nitrogens with one attached hydrogen (secondary N) is 1. The molecule has 0 radical (unpaired) electrons. The molecule has 0 bridgehead atoms. The molecular weight excluding hydrogens is 186 g/mol. The zero-order valence-electron chi connectivity index (χ0n) is 4.60. The van der Waals surface area contributed by atoms with Gasteiger partial charge in [-0.25, -0.2) is 0 Å². The highest BCUT2D eigenvalue weighted by Crippen LogP contribution is 2.16. The molecule has 9 heavy (non-hydrogen) atoms. The second-order valence-corrected chi connectivity index (χ2v) is 2.38. The number of hydrogen-bond acceptors (Lipinski definition) is 3. The van der Waals surface area contributed by atoms with Crippen LogP contribution in [0, 0.1) is 0 Å². The summed E-state index contributed by atoms with van der Waals surface area (Å²) in [6.07, 6.45) is 1.55. The maximum Gasteiger partial charge on any atom is 0.134 e. The van der Waals surface area contributed by atoms with Gasteiger partial charge in [0.25, 0.3) is 0 Å². The van der Waals surface area contributed by atoms with Gasteiger partial charge in [0.2, 0.25) is 0 Å². The topological polar surface area (TPSA) is 45.4 Å². The maximum atomic E-state index is 8.23. The van der Waals surface area contributed by atoms with E-state index in [4.69, 9.17) is 9.62 Å². The molecule has 1 aromatic heterocycles. The fourth-order valence-corrected chi connectivity index (χ4v) is 0.865. The van der Waals surface area contributed by atoms with Crippen molar-refractivity contribution in [1.82, 2.24) is 5.48 Å². The Morgan fingerprint density at radius 3 is 3.00 bits per heavy atom. The average Bonchev–Trinajstić information content (AvgIpc) is 2.18. The molecule has 0 saturated carbocycles. The van der Waals surface area contributed by atoms with Crippen molar-refractivity contribution in [3.63, 3.8) is 0 Å². The lowest BCUT2D eigenvalue weighted by molar-refractivity contribution is 0.153. The molecule has 0 atom stereocenters. The van der Waals surface area contributed by atoms with Crippen molar-refractivity contribution < 1.29 is 9.62 Å². The summed E-state index contributed by atoms with van der Waals surface area (Å²) in [7, 11) is 0. The number of hydrogen-bond donors (Lipinski definition) is 2. The Morgan fingerprint density at radius 2 is 2.56 bits per heavy atom. The molecular formula is C5H6BrNO2. The van der Waals surface area contributed by atoms with Crippen LogP contribution in [0.15, 0.2) is 21.2 Å². The van der Waals surface area contributed by atoms with E-state index in [1.54, 1.807) is 12.3 Å². The number of hydroxylamine groups is 1. The van der Waals surface area contributed by atoms with Gasteiger partial charge in [-0.15, -0.1) is 0 Å². The third-order valence-electron chi connectivity index (χ3n) is 0.931. The van der Waals surface area contributed by atoms with Crippen molar-refractivity contribution >= 4 is 15.9 Å². The molecule has 0 aromatic carbocycles. The van der Waals surface area contributed by atoms with Crippen LogP contribution in [0.3, 0.4) is 0 Å². The molecule has 50 valence electrons. The first-order valence-corrected chi connectivity index (χ1v) is 3.22. The quantitative estimate of drug-likeness (QED) is 0.698. The predicted molar refractivity (Wildman–Crippen MR) is 35.0 cm³/mol. The summed E-state index contributed by atoms with van der Waals surface area (Å²) in [6, 6.07) is 1.77. The average molecular weight is 192 g/mol. The minimum absolute atomic E-state index is 0.327. The Labute approximate surface area is 60.8 Å². The van der Waals surface area contributed by atoms with Crippen LogP contribution in [0.5, 0.6) is 0 Å². The summed E-state index contributed by atoms with van der Waals surface area (Å²) in [5.74, 6) is 0.692. The van der Waals surface area contributed by atoms with Crippen LogP contribution < -0.4 is 5.48 Å². The summed E-state index contributed by atoms with van der Waals surface area (Å²) >= 11 is 3.22. The molecule has 0 aliphatic carbocycles. The van der Waals surface area contributed by atoms with E-state index >= 15 is 0 Å². The Kier molecular flexibility index (Phi) is 2.27. The molecule has 0 fully saturated rings. The van der Waals surface area contributed by atoms with E-state index in [1.807, 2.05) is 5.48 Å². The third kappa shape index (κ3) is 1.54. The number of furan rings is 1. The zero-order valence-corrected chi connectivity index (χ0v) is 6.18. The molecule has 0 aliphatic rings. The van der Waals surface area contributed by atoms with E-state index < -0.39 is 0 Å². The van der Waals surface area contributed by atoms with E-state index in [0.29, 0.717) is 12.3 Å². The van der Waals surface area contributed by atoms with Gasteiger partial charge in [-0.1, -0.05) is 0 Å². The summed E-state index contributed by atoms with van der Waals surface area (Å²) in [6.45, 7) is 0.327. The van der Waals surface area contributed by atoms with Gasteiger partial charge < -0.3 is 9.62 Å². The van der Waals surface area contributed by atoms with Crippen LogP contribution in [-0.2, 0) is 6.54 Å². The minimum atomic E-state index is 0.327. The van der Waals surface area contributed by atoms with Gasteiger partial charge in [-0.05, 0) is 22.0 Å². The second kappa shape index (κ2) is 3.00. The van der Waals surface area contributed by atoms with Gasteiger partial charge in [-0.2, -0.15) is 5.48 Å². The SMILES string of the molecule is ONCc1occc1Br. The van der Waals surface area contributed by atoms with Crippen molar-refractivity contribution in [2.45, 2.75) is 6.54 Å². The van der Waals surface area contributed by atoms with Gasteiger partial charge in [0.05, 0.1) is 17.3 Å². The fraction of sp³-hybridized carbons (Fsp3) is 0.200. The molecule has 4 heteroatoms. The lowest BCUT2D eigenvalue weighted by Gasteiger charge is -1.91. The standard InChI is InChI=1S/C5H6BrNO2/c6-4-1-2-9-5(4)3-7-8/h1-2,7-8H,3H2. The highest BCUT2D eigenvalue weighted by molar-refractivity contribution is 9.10.